The van der Waals surface area contributed by atoms with Crippen LogP contribution in [0.15, 0.2) is 47.8 Å². The van der Waals surface area contributed by atoms with Crippen molar-refractivity contribution in [1.82, 2.24) is 9.88 Å². The molecule has 0 fully saturated rings. The number of anilines is 1. The number of benzene rings is 2. The number of amides is 1. The Labute approximate surface area is 186 Å². The van der Waals surface area contributed by atoms with Crippen LogP contribution in [0.4, 0.5) is 5.13 Å². The molecule has 1 heterocycles. The third kappa shape index (κ3) is 6.44. The molecule has 0 radical (unpaired) electrons. The van der Waals surface area contributed by atoms with E-state index in [-0.39, 0.29) is 12.5 Å². The van der Waals surface area contributed by atoms with Crippen molar-refractivity contribution in [2.24, 2.45) is 0 Å². The number of ether oxygens (including phenoxy) is 3. The van der Waals surface area contributed by atoms with Crippen LogP contribution in [0.2, 0.25) is 0 Å². The fraction of sp³-hybridized carbons (Fsp3) is 0.304. The second kappa shape index (κ2) is 10.8. The van der Waals surface area contributed by atoms with Crippen molar-refractivity contribution in [3.8, 4) is 28.5 Å². The van der Waals surface area contributed by atoms with Gasteiger partial charge in [-0.3, -0.25) is 9.69 Å². The predicted octanol–water partition coefficient (Wildman–Crippen LogP) is 4.09. The molecule has 0 aliphatic rings. The topological polar surface area (TPSA) is 72.9 Å². The number of aryl methyl sites for hydroxylation is 1. The molecule has 7 nitrogen and oxygen atoms in total. The van der Waals surface area contributed by atoms with Crippen LogP contribution >= 0.6 is 11.3 Å². The highest BCUT2D eigenvalue weighted by Crippen LogP contribution is 2.34. The Morgan fingerprint density at radius 2 is 1.84 bits per heavy atom. The fourth-order valence-corrected chi connectivity index (χ4v) is 3.63. The summed E-state index contributed by atoms with van der Waals surface area (Å²) in [5, 5.41) is 5.29. The third-order valence-corrected chi connectivity index (χ3v) is 5.37. The van der Waals surface area contributed by atoms with Crippen LogP contribution in [0.25, 0.3) is 11.3 Å². The smallest absolute Gasteiger partial charge is 0.240 e. The van der Waals surface area contributed by atoms with Crippen LogP contribution in [-0.4, -0.2) is 56.8 Å². The number of methoxy groups -OCH3 is 2. The summed E-state index contributed by atoms with van der Waals surface area (Å²) in [5.41, 5.74) is 2.77. The first kappa shape index (κ1) is 22.6. The van der Waals surface area contributed by atoms with E-state index in [4.69, 9.17) is 14.2 Å². The van der Waals surface area contributed by atoms with Crippen LogP contribution in [0.3, 0.4) is 0 Å². The quantitative estimate of drug-likeness (QED) is 0.511. The van der Waals surface area contributed by atoms with Crippen molar-refractivity contribution >= 4 is 22.4 Å². The Morgan fingerprint density at radius 1 is 1.10 bits per heavy atom. The van der Waals surface area contributed by atoms with E-state index in [1.807, 2.05) is 60.6 Å². The van der Waals surface area contributed by atoms with E-state index in [0.29, 0.717) is 29.8 Å². The normalized spacial score (nSPS) is 10.7. The summed E-state index contributed by atoms with van der Waals surface area (Å²) in [5.74, 6) is 2.07. The summed E-state index contributed by atoms with van der Waals surface area (Å²) >= 11 is 1.37. The molecule has 1 N–H and O–H groups in total. The van der Waals surface area contributed by atoms with Gasteiger partial charge in [0.15, 0.2) is 5.13 Å². The van der Waals surface area contributed by atoms with E-state index in [1.54, 1.807) is 20.3 Å². The molecule has 0 saturated heterocycles. The van der Waals surface area contributed by atoms with Gasteiger partial charge in [0.05, 0.1) is 26.5 Å². The van der Waals surface area contributed by atoms with E-state index < -0.39 is 0 Å². The summed E-state index contributed by atoms with van der Waals surface area (Å²) in [6.07, 6.45) is 0. The highest BCUT2D eigenvalue weighted by molar-refractivity contribution is 7.14. The number of aromatic nitrogens is 1. The highest BCUT2D eigenvalue weighted by Gasteiger charge is 2.13. The summed E-state index contributed by atoms with van der Waals surface area (Å²) in [7, 11) is 5.09. The molecule has 0 spiro atoms. The first-order valence-corrected chi connectivity index (χ1v) is 10.7. The predicted molar refractivity (Wildman–Crippen MR) is 123 cm³/mol. The molecule has 0 atom stereocenters. The van der Waals surface area contributed by atoms with Gasteiger partial charge in [-0.2, -0.15) is 0 Å². The maximum atomic E-state index is 12.4. The lowest BCUT2D eigenvalue weighted by atomic mass is 10.1. The van der Waals surface area contributed by atoms with Crippen LogP contribution in [0.5, 0.6) is 17.2 Å². The van der Waals surface area contributed by atoms with Gasteiger partial charge in [0.2, 0.25) is 5.91 Å². The van der Waals surface area contributed by atoms with E-state index in [2.05, 4.69) is 10.3 Å². The van der Waals surface area contributed by atoms with Crippen LogP contribution in [-0.2, 0) is 4.79 Å². The largest absolute Gasteiger partial charge is 0.497 e. The van der Waals surface area contributed by atoms with E-state index >= 15 is 0 Å². The molecule has 0 aliphatic carbocycles. The Kier molecular flexibility index (Phi) is 7.86. The van der Waals surface area contributed by atoms with E-state index in [1.165, 1.54) is 16.9 Å². The zero-order valence-corrected chi connectivity index (χ0v) is 19.0. The summed E-state index contributed by atoms with van der Waals surface area (Å²) in [6.45, 7) is 3.42. The number of thiazole rings is 1. The number of carbonyl (C=O) groups is 1. The molecule has 0 saturated carbocycles. The van der Waals surface area contributed by atoms with Gasteiger partial charge < -0.3 is 19.5 Å². The van der Waals surface area contributed by atoms with Crippen molar-refractivity contribution in [2.45, 2.75) is 6.92 Å². The fourth-order valence-electron chi connectivity index (χ4n) is 2.90. The lowest BCUT2D eigenvalue weighted by molar-refractivity contribution is -0.117. The number of hydrogen-bond donors (Lipinski definition) is 1. The molecule has 8 heteroatoms. The lowest BCUT2D eigenvalue weighted by Gasteiger charge is -2.16. The van der Waals surface area contributed by atoms with Crippen LogP contribution in [0, 0.1) is 6.92 Å². The zero-order chi connectivity index (χ0) is 22.2. The number of nitrogens with zero attached hydrogens (tertiary/aromatic N) is 2. The standard InChI is InChI=1S/C23H27N3O4S/c1-16-5-7-17(8-6-16)30-12-11-26(2)14-22(27)25-23-24-20(15-31-23)19-10-9-18(28-3)13-21(19)29-4/h5-10,13,15H,11-12,14H2,1-4H3,(H,24,25,27). The Hall–Kier alpha value is -3.10. The van der Waals surface area contributed by atoms with Crippen molar-refractivity contribution in [1.29, 1.82) is 0 Å². The first-order chi connectivity index (χ1) is 15.0. The molecule has 31 heavy (non-hydrogen) atoms. The number of nitrogens with one attached hydrogen (secondary N) is 1. The second-order valence-corrected chi connectivity index (χ2v) is 7.91. The molecule has 0 unspecified atom stereocenters. The molecule has 0 bridgehead atoms. The molecule has 1 aromatic heterocycles. The minimum atomic E-state index is -0.125. The van der Waals surface area contributed by atoms with E-state index in [9.17, 15) is 4.79 Å². The van der Waals surface area contributed by atoms with Gasteiger partial charge in [-0.1, -0.05) is 17.7 Å². The van der Waals surface area contributed by atoms with Gasteiger partial charge in [-0.25, -0.2) is 4.98 Å². The highest BCUT2D eigenvalue weighted by atomic mass is 32.1. The van der Waals surface area contributed by atoms with Crippen molar-refractivity contribution < 1.29 is 19.0 Å². The van der Waals surface area contributed by atoms with Gasteiger partial charge in [-0.15, -0.1) is 11.3 Å². The Bertz CT molecular complexity index is 1000. The van der Waals surface area contributed by atoms with Gasteiger partial charge in [-0.05, 0) is 38.2 Å². The van der Waals surface area contributed by atoms with Crippen LogP contribution < -0.4 is 19.5 Å². The average molecular weight is 442 g/mol. The summed E-state index contributed by atoms with van der Waals surface area (Å²) in [6, 6.07) is 13.5. The first-order valence-electron chi connectivity index (χ1n) is 9.84. The Morgan fingerprint density at radius 3 is 2.55 bits per heavy atom. The maximum absolute atomic E-state index is 12.4. The van der Waals surface area contributed by atoms with Crippen LogP contribution in [0.1, 0.15) is 5.56 Å². The van der Waals surface area contributed by atoms with Gasteiger partial charge in [0, 0.05) is 23.6 Å². The Balaban J connectivity index is 1.50. The molecular formula is C23H27N3O4S. The summed E-state index contributed by atoms with van der Waals surface area (Å²) in [4.78, 5) is 18.8. The zero-order valence-electron chi connectivity index (χ0n) is 18.2. The number of rotatable bonds is 10. The molecule has 3 rings (SSSR count). The second-order valence-electron chi connectivity index (χ2n) is 7.05. The van der Waals surface area contributed by atoms with Gasteiger partial charge in [0.1, 0.15) is 23.9 Å². The summed E-state index contributed by atoms with van der Waals surface area (Å²) < 4.78 is 16.4. The minimum Gasteiger partial charge on any atom is -0.497 e. The number of carbonyl (C=O) groups excluding carboxylic acids is 1. The molecule has 0 aliphatic heterocycles. The van der Waals surface area contributed by atoms with Gasteiger partial charge >= 0.3 is 0 Å². The maximum Gasteiger partial charge on any atom is 0.240 e. The number of hydrogen-bond acceptors (Lipinski definition) is 7. The SMILES string of the molecule is COc1ccc(-c2csc(NC(=O)CN(C)CCOc3ccc(C)cc3)n2)c(OC)c1. The third-order valence-electron chi connectivity index (χ3n) is 4.61. The van der Waals surface area contributed by atoms with E-state index in [0.717, 1.165) is 17.0 Å². The molecule has 164 valence electrons. The lowest BCUT2D eigenvalue weighted by Crippen LogP contribution is -2.33. The molecule has 1 amide bonds. The van der Waals surface area contributed by atoms with Crippen molar-refractivity contribution in [2.75, 3.05) is 46.3 Å². The van der Waals surface area contributed by atoms with Crippen molar-refractivity contribution in [3.05, 3.63) is 53.4 Å². The van der Waals surface area contributed by atoms with Crippen molar-refractivity contribution in [3.63, 3.8) is 0 Å². The van der Waals surface area contributed by atoms with Gasteiger partial charge in [0.25, 0.3) is 0 Å². The molecule has 3 aromatic rings. The monoisotopic (exact) mass is 441 g/mol. The minimum absolute atomic E-state index is 0.125. The average Bonchev–Trinajstić information content (AvgIpc) is 3.22. The number of likely N-dealkylation sites (N-methyl/N-ethyl adjacent to an activating group) is 1. The molecule has 2 aromatic carbocycles. The molecular weight excluding hydrogens is 414 g/mol.